The van der Waals surface area contributed by atoms with Gasteiger partial charge in [-0.2, -0.15) is 0 Å². The van der Waals surface area contributed by atoms with Gasteiger partial charge in [-0.05, 0) is 25.8 Å². The molecule has 0 aliphatic heterocycles. The van der Waals surface area contributed by atoms with Crippen LogP contribution in [0.5, 0.6) is 0 Å². The first-order valence-corrected chi connectivity index (χ1v) is 5.99. The van der Waals surface area contributed by atoms with Gasteiger partial charge in [-0.3, -0.25) is 10.1 Å². The number of hydrogen-bond donors (Lipinski definition) is 2. The summed E-state index contributed by atoms with van der Waals surface area (Å²) in [6.45, 7) is 5.88. The molecule has 0 atom stereocenters. The molecule has 0 bridgehead atoms. The highest BCUT2D eigenvalue weighted by atomic mass is 16.6. The van der Waals surface area contributed by atoms with Gasteiger partial charge in [-0.25, -0.2) is 4.98 Å². The first kappa shape index (κ1) is 14.4. The Morgan fingerprint density at radius 2 is 2.11 bits per heavy atom. The quantitative estimate of drug-likeness (QED) is 0.599. The molecule has 18 heavy (non-hydrogen) atoms. The zero-order valence-electron chi connectivity index (χ0n) is 10.9. The third kappa shape index (κ3) is 3.40. The van der Waals surface area contributed by atoms with Crippen LogP contribution in [0.2, 0.25) is 0 Å². The van der Waals surface area contributed by atoms with Gasteiger partial charge in [0, 0.05) is 12.1 Å². The second-order valence-electron chi connectivity index (χ2n) is 4.40. The Morgan fingerprint density at radius 1 is 1.50 bits per heavy atom. The van der Waals surface area contributed by atoms with Crippen LogP contribution < -0.4 is 5.32 Å². The van der Waals surface area contributed by atoms with Crippen LogP contribution >= 0.6 is 0 Å². The molecule has 0 saturated heterocycles. The van der Waals surface area contributed by atoms with Crippen LogP contribution in [-0.2, 0) is 0 Å². The number of nitrogens with zero attached hydrogens (tertiary/aromatic N) is 2. The molecule has 1 rings (SSSR count). The second kappa shape index (κ2) is 5.77. The van der Waals surface area contributed by atoms with Crippen LogP contribution in [0.1, 0.15) is 32.3 Å². The Bertz CT molecular complexity index is 431. The van der Waals surface area contributed by atoms with Crippen LogP contribution in [0.25, 0.3) is 0 Å². The molecule has 0 aliphatic rings. The van der Waals surface area contributed by atoms with Gasteiger partial charge in [0.2, 0.25) is 0 Å². The van der Waals surface area contributed by atoms with Crippen molar-refractivity contribution in [3.8, 4) is 0 Å². The van der Waals surface area contributed by atoms with Crippen LogP contribution in [0, 0.1) is 17.0 Å². The predicted octanol–water partition coefficient (Wildman–Crippen LogP) is 2.26. The predicted molar refractivity (Wildman–Crippen MR) is 69.6 cm³/mol. The first-order chi connectivity index (χ1) is 8.41. The van der Waals surface area contributed by atoms with E-state index in [1.165, 1.54) is 6.20 Å². The van der Waals surface area contributed by atoms with Crippen molar-refractivity contribution in [2.45, 2.75) is 39.2 Å². The highest BCUT2D eigenvalue weighted by Crippen LogP contribution is 2.20. The van der Waals surface area contributed by atoms with E-state index in [2.05, 4.69) is 10.3 Å². The van der Waals surface area contributed by atoms with E-state index in [-0.39, 0.29) is 5.69 Å². The number of rotatable bonds is 6. The lowest BCUT2D eigenvalue weighted by atomic mass is 9.98. The number of aromatic nitrogens is 1. The molecular weight excluding hydrogens is 234 g/mol. The summed E-state index contributed by atoms with van der Waals surface area (Å²) in [5, 5.41) is 23.8. The summed E-state index contributed by atoms with van der Waals surface area (Å²) < 4.78 is 0. The van der Waals surface area contributed by atoms with E-state index < -0.39 is 10.5 Å². The summed E-state index contributed by atoms with van der Waals surface area (Å²) in [5.41, 5.74) is -0.215. The minimum absolute atomic E-state index is 0.00166. The molecule has 100 valence electrons. The van der Waals surface area contributed by atoms with Gasteiger partial charge in [0.1, 0.15) is 12.0 Å². The summed E-state index contributed by atoms with van der Waals surface area (Å²) in [6, 6.07) is 1.61. The maximum absolute atomic E-state index is 10.6. The van der Waals surface area contributed by atoms with Crippen LogP contribution in [0.15, 0.2) is 12.3 Å². The van der Waals surface area contributed by atoms with E-state index >= 15 is 0 Å². The summed E-state index contributed by atoms with van der Waals surface area (Å²) in [4.78, 5) is 14.2. The number of nitro groups is 1. The topological polar surface area (TPSA) is 88.3 Å². The Labute approximate surface area is 106 Å². The fourth-order valence-electron chi connectivity index (χ4n) is 1.59. The molecule has 1 aromatic heterocycles. The average Bonchev–Trinajstić information content (AvgIpc) is 2.35. The average molecular weight is 253 g/mol. The van der Waals surface area contributed by atoms with Gasteiger partial charge in [0.05, 0.1) is 10.5 Å². The third-order valence-corrected chi connectivity index (χ3v) is 3.19. The van der Waals surface area contributed by atoms with Crippen LogP contribution in [-0.4, -0.2) is 27.2 Å². The number of anilines is 1. The van der Waals surface area contributed by atoms with E-state index in [9.17, 15) is 15.2 Å². The first-order valence-electron chi connectivity index (χ1n) is 5.99. The zero-order chi connectivity index (χ0) is 13.8. The fourth-order valence-corrected chi connectivity index (χ4v) is 1.59. The molecule has 0 saturated carbocycles. The van der Waals surface area contributed by atoms with Gasteiger partial charge >= 0.3 is 0 Å². The number of hydrogen-bond acceptors (Lipinski definition) is 5. The van der Waals surface area contributed by atoms with Crippen molar-refractivity contribution >= 4 is 11.5 Å². The van der Waals surface area contributed by atoms with E-state index in [1.54, 1.807) is 13.0 Å². The molecule has 0 aromatic carbocycles. The van der Waals surface area contributed by atoms with Gasteiger partial charge in [-0.1, -0.05) is 13.8 Å². The summed E-state index contributed by atoms with van der Waals surface area (Å²) in [6.07, 6.45) is 2.51. The molecule has 6 heteroatoms. The summed E-state index contributed by atoms with van der Waals surface area (Å²) in [5.74, 6) is 0.540. The molecule has 6 nitrogen and oxygen atoms in total. The molecule has 0 fully saturated rings. The van der Waals surface area contributed by atoms with Gasteiger partial charge in [0.15, 0.2) is 0 Å². The van der Waals surface area contributed by atoms with Gasteiger partial charge < -0.3 is 10.4 Å². The van der Waals surface area contributed by atoms with Crippen molar-refractivity contribution in [1.82, 2.24) is 4.98 Å². The summed E-state index contributed by atoms with van der Waals surface area (Å²) in [7, 11) is 0. The highest BCUT2D eigenvalue weighted by Gasteiger charge is 2.22. The minimum atomic E-state index is -0.767. The van der Waals surface area contributed by atoms with E-state index in [1.807, 2.05) is 13.8 Å². The lowest BCUT2D eigenvalue weighted by molar-refractivity contribution is -0.385. The molecule has 0 amide bonds. The second-order valence-corrected chi connectivity index (χ2v) is 4.40. The monoisotopic (exact) mass is 253 g/mol. The van der Waals surface area contributed by atoms with Crippen molar-refractivity contribution in [3.05, 3.63) is 27.9 Å². The van der Waals surface area contributed by atoms with Crippen molar-refractivity contribution < 1.29 is 10.0 Å². The maximum Gasteiger partial charge on any atom is 0.290 e. The molecule has 0 aliphatic carbocycles. The lowest BCUT2D eigenvalue weighted by Gasteiger charge is -2.25. The smallest absolute Gasteiger partial charge is 0.290 e. The van der Waals surface area contributed by atoms with Gasteiger partial charge in [-0.15, -0.1) is 0 Å². The molecular formula is C12H19N3O3. The van der Waals surface area contributed by atoms with Crippen LogP contribution in [0.3, 0.4) is 0 Å². The highest BCUT2D eigenvalue weighted by molar-refractivity contribution is 5.46. The van der Waals surface area contributed by atoms with Crippen molar-refractivity contribution in [2.75, 3.05) is 11.9 Å². The van der Waals surface area contributed by atoms with Crippen molar-refractivity contribution in [1.29, 1.82) is 0 Å². The Kier molecular flexibility index (Phi) is 4.61. The fraction of sp³-hybridized carbons (Fsp3) is 0.583. The Balaban J connectivity index is 2.75. The maximum atomic E-state index is 10.6. The number of aryl methyl sites for hydroxylation is 1. The van der Waals surface area contributed by atoms with E-state index in [4.69, 9.17) is 0 Å². The largest absolute Gasteiger partial charge is 0.388 e. The van der Waals surface area contributed by atoms with Crippen molar-refractivity contribution in [2.24, 2.45) is 0 Å². The molecule has 0 spiro atoms. The van der Waals surface area contributed by atoms with Crippen LogP contribution in [0.4, 0.5) is 11.5 Å². The molecule has 1 aromatic rings. The van der Waals surface area contributed by atoms with E-state index in [0.29, 0.717) is 30.8 Å². The SMILES string of the molecule is CCC(O)(CC)CNc1cc(C)c([N+](=O)[O-])cn1. The molecule has 0 unspecified atom stereocenters. The molecule has 2 N–H and O–H groups in total. The standard InChI is InChI=1S/C12H19N3O3/c1-4-12(16,5-2)8-14-11-6-9(3)10(7-13-11)15(17)18/h6-7,16H,4-5,8H2,1-3H3,(H,13,14). The van der Waals surface area contributed by atoms with Crippen molar-refractivity contribution in [3.63, 3.8) is 0 Å². The lowest BCUT2D eigenvalue weighted by Crippen LogP contribution is -2.35. The third-order valence-electron chi connectivity index (χ3n) is 3.19. The number of nitrogens with one attached hydrogen (secondary N) is 1. The summed E-state index contributed by atoms with van der Waals surface area (Å²) >= 11 is 0. The molecule has 1 heterocycles. The van der Waals surface area contributed by atoms with E-state index in [0.717, 1.165) is 0 Å². The minimum Gasteiger partial charge on any atom is -0.388 e. The molecule has 0 radical (unpaired) electrons. The Morgan fingerprint density at radius 3 is 2.56 bits per heavy atom. The number of aliphatic hydroxyl groups is 1. The van der Waals surface area contributed by atoms with Gasteiger partial charge in [0.25, 0.3) is 5.69 Å². The number of pyridine rings is 1. The Hall–Kier alpha value is -1.69. The zero-order valence-corrected chi connectivity index (χ0v) is 10.9. The normalized spacial score (nSPS) is 11.3.